The number of nitrogens with zero attached hydrogens (tertiary/aromatic N) is 1. The molecule has 0 aliphatic rings. The largest absolute Gasteiger partial charge is 0.386 e. The first-order valence-electron chi connectivity index (χ1n) is 8.28. The molecule has 0 spiro atoms. The van der Waals surface area contributed by atoms with E-state index in [-0.39, 0.29) is 0 Å². The van der Waals surface area contributed by atoms with Crippen LogP contribution in [-0.2, 0) is 6.54 Å². The summed E-state index contributed by atoms with van der Waals surface area (Å²) in [6.07, 6.45) is 0. The van der Waals surface area contributed by atoms with Gasteiger partial charge in [0.05, 0.1) is 6.54 Å². The first-order valence-corrected chi connectivity index (χ1v) is 8.28. The molecule has 24 heavy (non-hydrogen) atoms. The molecule has 0 amide bonds. The van der Waals surface area contributed by atoms with E-state index < -0.39 is 0 Å². The van der Waals surface area contributed by atoms with Gasteiger partial charge < -0.3 is 9.88 Å². The summed E-state index contributed by atoms with van der Waals surface area (Å²) in [7, 11) is 4.24. The Balaban J connectivity index is 1.87. The molecule has 1 N–H and O–H groups in total. The van der Waals surface area contributed by atoms with Gasteiger partial charge in [0.25, 0.3) is 0 Å². The Bertz CT molecular complexity index is 828. The Morgan fingerprint density at radius 3 is 2.21 bits per heavy atom. The van der Waals surface area contributed by atoms with Crippen LogP contribution in [0, 0.1) is 27.8 Å². The molecule has 0 unspecified atom stereocenters. The minimum Gasteiger partial charge on any atom is -0.386 e. The molecule has 0 atom stereocenters. The Labute approximate surface area is 144 Å². The fourth-order valence-corrected chi connectivity index (χ4v) is 3.24. The Morgan fingerprint density at radius 2 is 1.54 bits per heavy atom. The van der Waals surface area contributed by atoms with Crippen molar-refractivity contribution >= 4 is 5.69 Å². The number of benzene rings is 2. The lowest BCUT2D eigenvalue weighted by Gasteiger charge is -2.17. The maximum atomic E-state index is 4.24. The molecule has 0 bridgehead atoms. The third-order valence-electron chi connectivity index (χ3n) is 4.37. The maximum absolute atomic E-state index is 4.24. The summed E-state index contributed by atoms with van der Waals surface area (Å²) in [5, 5.41) is 3.58. The Hall–Kier alpha value is -2.74. The maximum Gasteiger partial charge on any atom is 0.112 e. The van der Waals surface area contributed by atoms with Crippen LogP contribution < -0.4 is 9.88 Å². The zero-order valence-corrected chi connectivity index (χ0v) is 14.6. The predicted molar refractivity (Wildman–Crippen MR) is 101 cm³/mol. The zero-order valence-electron chi connectivity index (χ0n) is 14.6. The summed E-state index contributed by atoms with van der Waals surface area (Å²) in [6, 6.07) is 21.1. The molecule has 0 aliphatic carbocycles. The second-order valence-corrected chi connectivity index (χ2v) is 6.32. The number of hydrogen-bond donors (Lipinski definition) is 1. The van der Waals surface area contributed by atoms with Crippen LogP contribution in [-0.4, -0.2) is 0 Å². The molecular weight excluding hydrogens is 292 g/mol. The summed E-state index contributed by atoms with van der Waals surface area (Å²) in [6.45, 7) is 7.19. The fourth-order valence-electron chi connectivity index (χ4n) is 3.24. The minimum absolute atomic E-state index is 0.745. The SMILES string of the molecule is [CH2-][n+]1c(CNc2c(C)cc(C)cc2C)cccc1-c1ccccc1. The quantitative estimate of drug-likeness (QED) is 0.539. The topological polar surface area (TPSA) is 15.9 Å². The molecule has 0 saturated heterocycles. The normalized spacial score (nSPS) is 10.6. The summed E-state index contributed by atoms with van der Waals surface area (Å²) in [5.74, 6) is 0. The third kappa shape index (κ3) is 3.28. The van der Waals surface area contributed by atoms with Crippen LogP contribution in [0.4, 0.5) is 5.69 Å². The zero-order chi connectivity index (χ0) is 17.1. The van der Waals surface area contributed by atoms with Gasteiger partial charge in [-0.3, -0.25) is 0 Å². The third-order valence-corrected chi connectivity index (χ3v) is 4.37. The van der Waals surface area contributed by atoms with Crippen LogP contribution in [0.1, 0.15) is 22.4 Å². The van der Waals surface area contributed by atoms with Crippen LogP contribution in [0.3, 0.4) is 0 Å². The van der Waals surface area contributed by atoms with Gasteiger partial charge in [-0.2, -0.15) is 0 Å². The van der Waals surface area contributed by atoms with Gasteiger partial charge in [0.1, 0.15) is 11.4 Å². The number of nitrogens with one attached hydrogen (secondary N) is 1. The molecule has 0 fully saturated rings. The van der Waals surface area contributed by atoms with Gasteiger partial charge in [0, 0.05) is 12.7 Å². The van der Waals surface area contributed by atoms with Crippen molar-refractivity contribution in [3.05, 3.63) is 90.1 Å². The smallest absolute Gasteiger partial charge is 0.112 e. The van der Waals surface area contributed by atoms with Gasteiger partial charge in [-0.05, 0) is 43.5 Å². The molecule has 2 aromatic carbocycles. The monoisotopic (exact) mass is 316 g/mol. The number of rotatable bonds is 4. The first-order chi connectivity index (χ1) is 11.6. The molecule has 3 rings (SSSR count). The highest BCUT2D eigenvalue weighted by Crippen LogP contribution is 2.22. The van der Waals surface area contributed by atoms with Crippen LogP contribution in [0.15, 0.2) is 60.7 Å². The molecular formula is C22H24N2. The fraction of sp³-hybridized carbons (Fsp3) is 0.182. The van der Waals surface area contributed by atoms with Gasteiger partial charge >= 0.3 is 0 Å². The van der Waals surface area contributed by atoms with Crippen molar-refractivity contribution in [2.45, 2.75) is 27.3 Å². The lowest BCUT2D eigenvalue weighted by Crippen LogP contribution is -2.35. The summed E-state index contributed by atoms with van der Waals surface area (Å²) < 4.78 is 2.02. The summed E-state index contributed by atoms with van der Waals surface area (Å²) in [5.41, 5.74) is 8.52. The van der Waals surface area contributed by atoms with E-state index in [2.05, 4.69) is 87.7 Å². The lowest BCUT2D eigenvalue weighted by molar-refractivity contribution is -0.609. The van der Waals surface area contributed by atoms with Gasteiger partial charge in [-0.15, -0.1) is 0 Å². The standard InChI is InChI=1S/C22H24N2/c1-16-13-17(2)22(18(3)14-16)23-15-20-11-8-12-21(24(20)4)19-9-6-5-7-10-19/h5-14,23H,4,15H2,1-3H3. The van der Waals surface area contributed by atoms with E-state index in [4.69, 9.17) is 0 Å². The van der Waals surface area contributed by atoms with E-state index in [1.165, 1.54) is 27.9 Å². The molecule has 0 radical (unpaired) electrons. The molecule has 122 valence electrons. The molecule has 2 nitrogen and oxygen atoms in total. The van der Waals surface area contributed by atoms with Crippen LogP contribution in [0.25, 0.3) is 11.3 Å². The van der Waals surface area contributed by atoms with Crippen molar-refractivity contribution < 1.29 is 4.57 Å². The Kier molecular flexibility index (Phi) is 4.57. The van der Waals surface area contributed by atoms with Gasteiger partial charge in [0.15, 0.2) is 0 Å². The average Bonchev–Trinajstić information content (AvgIpc) is 2.56. The van der Waals surface area contributed by atoms with Gasteiger partial charge in [0.2, 0.25) is 0 Å². The van der Waals surface area contributed by atoms with E-state index >= 15 is 0 Å². The van der Waals surface area contributed by atoms with Crippen LogP contribution >= 0.6 is 0 Å². The molecule has 0 saturated carbocycles. The van der Waals surface area contributed by atoms with Crippen molar-refractivity contribution in [1.29, 1.82) is 0 Å². The number of pyridine rings is 1. The average molecular weight is 316 g/mol. The number of hydrogen-bond acceptors (Lipinski definition) is 1. The molecule has 2 heteroatoms. The van der Waals surface area contributed by atoms with E-state index in [1.807, 2.05) is 10.6 Å². The van der Waals surface area contributed by atoms with Crippen molar-refractivity contribution in [3.63, 3.8) is 0 Å². The second-order valence-electron chi connectivity index (χ2n) is 6.32. The van der Waals surface area contributed by atoms with Crippen molar-refractivity contribution in [2.24, 2.45) is 0 Å². The van der Waals surface area contributed by atoms with E-state index in [1.54, 1.807) is 0 Å². The van der Waals surface area contributed by atoms with Crippen molar-refractivity contribution in [2.75, 3.05) is 5.32 Å². The van der Waals surface area contributed by atoms with Gasteiger partial charge in [-0.25, -0.2) is 0 Å². The van der Waals surface area contributed by atoms with Crippen LogP contribution in [0.5, 0.6) is 0 Å². The van der Waals surface area contributed by atoms with Gasteiger partial charge in [-0.1, -0.05) is 60.2 Å². The number of aryl methyl sites for hydroxylation is 3. The summed E-state index contributed by atoms with van der Waals surface area (Å²) in [4.78, 5) is 0. The summed E-state index contributed by atoms with van der Waals surface area (Å²) >= 11 is 0. The second kappa shape index (κ2) is 6.79. The van der Waals surface area contributed by atoms with E-state index in [9.17, 15) is 0 Å². The van der Waals surface area contributed by atoms with E-state index in [0.717, 1.165) is 17.9 Å². The lowest BCUT2D eigenvalue weighted by atomic mass is 10.0. The molecule has 3 aromatic rings. The molecule has 1 aromatic heterocycles. The minimum atomic E-state index is 0.745. The van der Waals surface area contributed by atoms with Crippen LogP contribution in [0.2, 0.25) is 0 Å². The molecule has 0 aliphatic heterocycles. The Morgan fingerprint density at radius 1 is 0.875 bits per heavy atom. The highest BCUT2D eigenvalue weighted by molar-refractivity contribution is 5.58. The van der Waals surface area contributed by atoms with Crippen molar-refractivity contribution in [3.8, 4) is 11.3 Å². The highest BCUT2D eigenvalue weighted by Gasteiger charge is 2.08. The van der Waals surface area contributed by atoms with Crippen molar-refractivity contribution in [1.82, 2.24) is 0 Å². The first kappa shape index (κ1) is 16.1. The number of aromatic nitrogens is 1. The number of anilines is 1. The molecule has 1 heterocycles. The predicted octanol–water partition coefficient (Wildman–Crippen LogP) is 4.82. The van der Waals surface area contributed by atoms with E-state index in [0.29, 0.717) is 0 Å². The highest BCUT2D eigenvalue weighted by atomic mass is 15.0.